The summed E-state index contributed by atoms with van der Waals surface area (Å²) in [7, 11) is 0.799. The summed E-state index contributed by atoms with van der Waals surface area (Å²) >= 11 is 0. The van der Waals surface area contributed by atoms with Gasteiger partial charge in [0.05, 0.1) is 6.61 Å². The second-order valence-corrected chi connectivity index (χ2v) is 7.96. The summed E-state index contributed by atoms with van der Waals surface area (Å²) in [5, 5.41) is 0. The topological polar surface area (TPSA) is 49.3 Å². The van der Waals surface area contributed by atoms with Crippen LogP contribution in [0.2, 0.25) is 6.04 Å². The maximum atomic E-state index is 6.03. The smallest absolute Gasteiger partial charge is 0.378 e. The van der Waals surface area contributed by atoms with E-state index in [1.165, 1.54) is 19.3 Å². The Kier molecular flexibility index (Phi) is 9.29. The molecule has 0 N–H and O–H groups in total. The number of ether oxygens (including phenoxy) is 1. The Morgan fingerprint density at radius 2 is 2.05 bits per heavy atom. The first-order chi connectivity index (χ1) is 9.76. The van der Waals surface area contributed by atoms with Crippen LogP contribution in [0.1, 0.15) is 39.0 Å². The standard InChI is InChI=1S/C14H29NO4Si/c1-4-5-6-7-9-15-12-14-13-18-10-8-11-20(16-2,17-3)19-14/h12,14H,4-11,13H2,1-3H3. The van der Waals surface area contributed by atoms with E-state index in [9.17, 15) is 0 Å². The predicted molar refractivity (Wildman–Crippen MR) is 82.4 cm³/mol. The zero-order chi connectivity index (χ0) is 14.7. The van der Waals surface area contributed by atoms with Crippen LogP contribution in [0.4, 0.5) is 0 Å². The fourth-order valence-corrected chi connectivity index (χ4v) is 4.25. The van der Waals surface area contributed by atoms with Crippen LogP contribution in [0.5, 0.6) is 0 Å². The highest BCUT2D eigenvalue weighted by Gasteiger charge is 2.41. The molecule has 0 saturated carbocycles. The largest absolute Gasteiger partial charge is 0.501 e. The van der Waals surface area contributed by atoms with E-state index in [1.54, 1.807) is 14.2 Å². The van der Waals surface area contributed by atoms with Crippen molar-refractivity contribution in [1.29, 1.82) is 0 Å². The fourth-order valence-electron chi connectivity index (χ4n) is 2.19. The SMILES string of the molecule is CCCCCCN=CC1COCCC[Si](OC)(OC)O1. The quantitative estimate of drug-likeness (QED) is 0.393. The molecule has 0 amide bonds. The number of rotatable bonds is 8. The van der Waals surface area contributed by atoms with Gasteiger partial charge in [-0.05, 0) is 12.8 Å². The Labute approximate surface area is 124 Å². The van der Waals surface area contributed by atoms with Crippen molar-refractivity contribution in [3.8, 4) is 0 Å². The first kappa shape index (κ1) is 17.8. The van der Waals surface area contributed by atoms with Crippen molar-refractivity contribution in [2.24, 2.45) is 4.99 Å². The summed E-state index contributed by atoms with van der Waals surface area (Å²) in [5.41, 5.74) is 0. The van der Waals surface area contributed by atoms with Crippen molar-refractivity contribution in [1.82, 2.24) is 0 Å². The van der Waals surface area contributed by atoms with E-state index in [0.29, 0.717) is 6.61 Å². The Hall–Kier alpha value is -0.273. The second kappa shape index (κ2) is 10.5. The lowest BCUT2D eigenvalue weighted by Gasteiger charge is -2.31. The minimum Gasteiger partial charge on any atom is -0.378 e. The number of nitrogens with zero attached hydrogens (tertiary/aromatic N) is 1. The molecule has 0 aromatic heterocycles. The molecule has 6 heteroatoms. The van der Waals surface area contributed by atoms with Crippen LogP contribution in [-0.2, 0) is 18.0 Å². The van der Waals surface area contributed by atoms with Gasteiger partial charge in [-0.2, -0.15) is 0 Å². The average molecular weight is 303 g/mol. The maximum Gasteiger partial charge on any atom is 0.501 e. The molecule has 1 aliphatic heterocycles. The van der Waals surface area contributed by atoms with Crippen LogP contribution in [0.25, 0.3) is 0 Å². The number of hydrogen-bond donors (Lipinski definition) is 0. The fraction of sp³-hybridized carbons (Fsp3) is 0.929. The highest BCUT2D eigenvalue weighted by molar-refractivity contribution is 6.60. The molecule has 0 radical (unpaired) electrons. The normalized spacial score (nSPS) is 23.6. The average Bonchev–Trinajstić information content (AvgIpc) is 2.45. The molecule has 0 spiro atoms. The van der Waals surface area contributed by atoms with Gasteiger partial charge in [0.15, 0.2) is 0 Å². The number of aliphatic imine (C=N–C) groups is 1. The molecule has 20 heavy (non-hydrogen) atoms. The Morgan fingerprint density at radius 1 is 1.25 bits per heavy atom. The minimum atomic E-state index is -2.53. The van der Waals surface area contributed by atoms with Gasteiger partial charge in [0.25, 0.3) is 0 Å². The molecule has 1 aliphatic rings. The zero-order valence-corrected chi connectivity index (χ0v) is 14.1. The molecule has 1 unspecified atom stereocenters. The van der Waals surface area contributed by atoms with E-state index in [0.717, 1.165) is 32.0 Å². The van der Waals surface area contributed by atoms with E-state index in [1.807, 2.05) is 6.21 Å². The summed E-state index contributed by atoms with van der Waals surface area (Å²) in [4.78, 5) is 4.45. The lowest BCUT2D eigenvalue weighted by atomic mass is 10.2. The van der Waals surface area contributed by atoms with Gasteiger partial charge >= 0.3 is 8.80 Å². The lowest BCUT2D eigenvalue weighted by Crippen LogP contribution is -2.49. The van der Waals surface area contributed by atoms with Gasteiger partial charge in [-0.3, -0.25) is 4.99 Å². The number of unbranched alkanes of at least 4 members (excludes halogenated alkanes) is 3. The summed E-state index contributed by atoms with van der Waals surface area (Å²) in [5.74, 6) is 0. The Morgan fingerprint density at radius 3 is 2.75 bits per heavy atom. The van der Waals surface area contributed by atoms with Gasteiger partial charge in [0.2, 0.25) is 0 Å². The molecule has 0 aliphatic carbocycles. The molecule has 1 heterocycles. The molecule has 1 rings (SSSR count). The van der Waals surface area contributed by atoms with Crippen molar-refractivity contribution < 1.29 is 18.0 Å². The van der Waals surface area contributed by atoms with Crippen LogP contribution in [0, 0.1) is 0 Å². The van der Waals surface area contributed by atoms with Gasteiger partial charge < -0.3 is 18.0 Å². The number of hydrogen-bond acceptors (Lipinski definition) is 5. The third-order valence-corrected chi connectivity index (χ3v) is 6.29. The molecule has 0 bridgehead atoms. The van der Waals surface area contributed by atoms with Crippen LogP contribution in [0.15, 0.2) is 4.99 Å². The van der Waals surface area contributed by atoms with Crippen molar-refractivity contribution in [3.05, 3.63) is 0 Å². The van der Waals surface area contributed by atoms with Crippen LogP contribution in [0.3, 0.4) is 0 Å². The molecule has 0 aromatic rings. The summed E-state index contributed by atoms with van der Waals surface area (Å²) in [6.07, 6.45) is 7.51. The van der Waals surface area contributed by atoms with Crippen molar-refractivity contribution in [3.63, 3.8) is 0 Å². The van der Waals surface area contributed by atoms with Crippen LogP contribution >= 0.6 is 0 Å². The molecule has 118 valence electrons. The molecule has 5 nitrogen and oxygen atoms in total. The molecule has 1 atom stereocenters. The first-order valence-corrected chi connectivity index (χ1v) is 9.55. The Balaban J connectivity index is 2.42. The minimum absolute atomic E-state index is 0.159. The van der Waals surface area contributed by atoms with Gasteiger partial charge in [0, 0.05) is 39.6 Å². The summed E-state index contributed by atoms with van der Waals surface area (Å²) in [6.45, 7) is 4.32. The predicted octanol–water partition coefficient (Wildman–Crippen LogP) is 2.67. The monoisotopic (exact) mass is 303 g/mol. The van der Waals surface area contributed by atoms with Gasteiger partial charge in [-0.25, -0.2) is 0 Å². The molecular formula is C14H29NO4Si. The highest BCUT2D eigenvalue weighted by atomic mass is 28.4. The van der Waals surface area contributed by atoms with Crippen molar-refractivity contribution >= 4 is 15.0 Å². The summed E-state index contributed by atoms with van der Waals surface area (Å²) < 4.78 is 22.6. The molecular weight excluding hydrogens is 274 g/mol. The third kappa shape index (κ3) is 6.45. The van der Waals surface area contributed by atoms with Gasteiger partial charge in [0.1, 0.15) is 6.10 Å². The first-order valence-electron chi connectivity index (χ1n) is 7.62. The molecule has 1 saturated heterocycles. The lowest BCUT2D eigenvalue weighted by molar-refractivity contribution is 0.0130. The van der Waals surface area contributed by atoms with E-state index < -0.39 is 8.80 Å². The zero-order valence-electron chi connectivity index (χ0n) is 13.1. The van der Waals surface area contributed by atoms with E-state index >= 15 is 0 Å². The molecule has 0 aromatic carbocycles. The van der Waals surface area contributed by atoms with E-state index in [2.05, 4.69) is 11.9 Å². The highest BCUT2D eigenvalue weighted by Crippen LogP contribution is 2.20. The van der Waals surface area contributed by atoms with Crippen molar-refractivity contribution in [2.45, 2.75) is 51.2 Å². The second-order valence-electron chi connectivity index (χ2n) is 5.04. The third-order valence-electron chi connectivity index (χ3n) is 3.42. The summed E-state index contributed by atoms with van der Waals surface area (Å²) in [6, 6.07) is 0.792. The Bertz CT molecular complexity index is 272. The van der Waals surface area contributed by atoms with E-state index in [-0.39, 0.29) is 6.10 Å². The van der Waals surface area contributed by atoms with Crippen LogP contribution < -0.4 is 0 Å². The maximum absolute atomic E-state index is 6.03. The van der Waals surface area contributed by atoms with Gasteiger partial charge in [-0.15, -0.1) is 0 Å². The van der Waals surface area contributed by atoms with Gasteiger partial charge in [-0.1, -0.05) is 26.2 Å². The molecule has 1 fully saturated rings. The van der Waals surface area contributed by atoms with E-state index in [4.69, 9.17) is 18.0 Å². The van der Waals surface area contributed by atoms with Crippen molar-refractivity contribution in [2.75, 3.05) is 34.0 Å². The van der Waals surface area contributed by atoms with Crippen LogP contribution in [-0.4, -0.2) is 55.1 Å².